The zero-order chi connectivity index (χ0) is 12.6. The van der Waals surface area contributed by atoms with Gasteiger partial charge >= 0.3 is 5.76 Å². The summed E-state index contributed by atoms with van der Waals surface area (Å²) >= 11 is 4.36. The summed E-state index contributed by atoms with van der Waals surface area (Å²) in [6.07, 6.45) is 0. The molecule has 1 aromatic heterocycles. The van der Waals surface area contributed by atoms with E-state index in [9.17, 15) is 4.79 Å². The summed E-state index contributed by atoms with van der Waals surface area (Å²) in [6, 6.07) is 6.03. The number of aryl methyl sites for hydroxylation is 1. The third-order valence-corrected chi connectivity index (χ3v) is 3.34. The van der Waals surface area contributed by atoms with Crippen LogP contribution in [0, 0.1) is 0 Å². The van der Waals surface area contributed by atoms with Crippen molar-refractivity contribution < 1.29 is 4.42 Å². The first-order chi connectivity index (χ1) is 8.04. The lowest BCUT2D eigenvalue weighted by atomic mass is 10.1. The van der Waals surface area contributed by atoms with Crippen LogP contribution in [0.3, 0.4) is 0 Å². The van der Waals surface area contributed by atoms with E-state index in [-0.39, 0.29) is 11.8 Å². The molecule has 0 aliphatic rings. The second-order valence-electron chi connectivity index (χ2n) is 4.32. The van der Waals surface area contributed by atoms with E-state index in [0.29, 0.717) is 5.58 Å². The fourth-order valence-corrected chi connectivity index (χ4v) is 2.46. The third kappa shape index (κ3) is 2.12. The quantitative estimate of drug-likeness (QED) is 0.844. The minimum absolute atomic E-state index is 0.229. The van der Waals surface area contributed by atoms with Gasteiger partial charge in [-0.3, -0.25) is 4.57 Å². The first-order valence-electron chi connectivity index (χ1n) is 5.41. The Hall–Kier alpha value is -1.20. The van der Waals surface area contributed by atoms with E-state index in [4.69, 9.17) is 4.42 Å². The number of fused-ring (bicyclic) bond motifs is 1. The van der Waals surface area contributed by atoms with Crippen LogP contribution in [-0.4, -0.2) is 29.3 Å². The van der Waals surface area contributed by atoms with Gasteiger partial charge < -0.3 is 9.32 Å². The van der Waals surface area contributed by atoms with Crippen molar-refractivity contribution >= 4 is 23.7 Å². The van der Waals surface area contributed by atoms with Gasteiger partial charge in [0.05, 0.1) is 5.52 Å². The Morgan fingerprint density at radius 2 is 2.18 bits per heavy atom. The molecule has 1 aromatic carbocycles. The number of nitrogens with zero attached hydrogens (tertiary/aromatic N) is 2. The molecule has 0 N–H and O–H groups in total. The van der Waals surface area contributed by atoms with Crippen LogP contribution in [-0.2, 0) is 7.05 Å². The molecule has 0 radical (unpaired) electrons. The number of hydrogen-bond donors (Lipinski definition) is 1. The van der Waals surface area contributed by atoms with Crippen LogP contribution in [0.1, 0.15) is 11.6 Å². The summed E-state index contributed by atoms with van der Waals surface area (Å²) in [5, 5.41) is 0. The van der Waals surface area contributed by atoms with Gasteiger partial charge in [-0.25, -0.2) is 4.79 Å². The lowest BCUT2D eigenvalue weighted by molar-refractivity contribution is 0.326. The minimum Gasteiger partial charge on any atom is -0.408 e. The van der Waals surface area contributed by atoms with E-state index in [2.05, 4.69) is 17.5 Å². The number of hydrogen-bond acceptors (Lipinski definition) is 4. The lowest BCUT2D eigenvalue weighted by Gasteiger charge is -2.22. The Kier molecular flexibility index (Phi) is 3.31. The average Bonchev–Trinajstić information content (AvgIpc) is 2.56. The van der Waals surface area contributed by atoms with Crippen LogP contribution in [0.25, 0.3) is 11.1 Å². The van der Waals surface area contributed by atoms with Gasteiger partial charge in [0.1, 0.15) is 0 Å². The Morgan fingerprint density at radius 1 is 1.47 bits per heavy atom. The summed E-state index contributed by atoms with van der Waals surface area (Å²) in [7, 11) is 5.74. The lowest BCUT2D eigenvalue weighted by Crippen LogP contribution is -2.21. The highest BCUT2D eigenvalue weighted by molar-refractivity contribution is 7.80. The second-order valence-corrected chi connectivity index (χ2v) is 4.68. The zero-order valence-electron chi connectivity index (χ0n) is 10.2. The first-order valence-corrected chi connectivity index (χ1v) is 6.04. The van der Waals surface area contributed by atoms with Crippen molar-refractivity contribution in [2.24, 2.45) is 7.05 Å². The third-order valence-electron chi connectivity index (χ3n) is 3.00. The molecule has 0 amide bonds. The van der Waals surface area contributed by atoms with E-state index < -0.39 is 0 Å². The molecule has 17 heavy (non-hydrogen) atoms. The molecule has 92 valence electrons. The maximum atomic E-state index is 11.4. The molecular weight excluding hydrogens is 236 g/mol. The van der Waals surface area contributed by atoms with E-state index in [1.54, 1.807) is 7.05 Å². The van der Waals surface area contributed by atoms with Crippen LogP contribution in [0.4, 0.5) is 0 Å². The maximum absolute atomic E-state index is 11.4. The summed E-state index contributed by atoms with van der Waals surface area (Å²) in [4.78, 5) is 13.5. The predicted octanol–water partition coefficient (Wildman–Crippen LogP) is 1.66. The van der Waals surface area contributed by atoms with E-state index in [1.165, 1.54) is 4.57 Å². The summed E-state index contributed by atoms with van der Waals surface area (Å²) in [5.41, 5.74) is 2.58. The fraction of sp³-hybridized carbons (Fsp3) is 0.417. The monoisotopic (exact) mass is 252 g/mol. The zero-order valence-corrected chi connectivity index (χ0v) is 11.1. The molecule has 0 saturated carbocycles. The Bertz CT molecular complexity index is 586. The highest BCUT2D eigenvalue weighted by atomic mass is 32.1. The van der Waals surface area contributed by atoms with Crippen LogP contribution in [0.5, 0.6) is 0 Å². The molecule has 2 aromatic rings. The van der Waals surface area contributed by atoms with Gasteiger partial charge in [-0.1, -0.05) is 6.07 Å². The average molecular weight is 252 g/mol. The van der Waals surface area contributed by atoms with Crippen molar-refractivity contribution in [2.75, 3.05) is 19.8 Å². The maximum Gasteiger partial charge on any atom is 0.419 e. The normalized spacial score (nSPS) is 13.5. The molecule has 0 spiro atoms. The van der Waals surface area contributed by atoms with Crippen molar-refractivity contribution in [1.82, 2.24) is 9.47 Å². The SMILES string of the molecule is CN(C)C(CS)c1ccc2oc(=O)n(C)c2c1. The number of rotatable bonds is 3. The van der Waals surface area contributed by atoms with Crippen LogP contribution < -0.4 is 5.76 Å². The molecule has 5 heteroatoms. The molecule has 0 bridgehead atoms. The summed E-state index contributed by atoms with van der Waals surface area (Å²) < 4.78 is 6.62. The van der Waals surface area contributed by atoms with Crippen molar-refractivity contribution in [2.45, 2.75) is 6.04 Å². The van der Waals surface area contributed by atoms with Crippen molar-refractivity contribution in [3.8, 4) is 0 Å². The van der Waals surface area contributed by atoms with Crippen LogP contribution in [0.2, 0.25) is 0 Å². The highest BCUT2D eigenvalue weighted by Gasteiger charge is 2.14. The molecule has 1 heterocycles. The van der Waals surface area contributed by atoms with Crippen LogP contribution >= 0.6 is 12.6 Å². The van der Waals surface area contributed by atoms with Gasteiger partial charge in [-0.05, 0) is 31.8 Å². The summed E-state index contributed by atoms with van der Waals surface area (Å²) in [5.74, 6) is 0.397. The summed E-state index contributed by atoms with van der Waals surface area (Å²) in [6.45, 7) is 0. The minimum atomic E-state index is -0.329. The molecule has 0 aliphatic heterocycles. The largest absolute Gasteiger partial charge is 0.419 e. The van der Waals surface area contributed by atoms with E-state index in [0.717, 1.165) is 16.8 Å². The number of thiol groups is 1. The van der Waals surface area contributed by atoms with Gasteiger partial charge in [0.2, 0.25) is 0 Å². The van der Waals surface area contributed by atoms with Crippen molar-refractivity contribution in [3.63, 3.8) is 0 Å². The molecule has 0 aliphatic carbocycles. The fourth-order valence-electron chi connectivity index (χ4n) is 1.92. The number of benzene rings is 1. The Labute approximate surface area is 105 Å². The molecule has 2 rings (SSSR count). The number of aromatic nitrogens is 1. The van der Waals surface area contributed by atoms with Crippen molar-refractivity contribution in [3.05, 3.63) is 34.3 Å². The van der Waals surface area contributed by atoms with Crippen LogP contribution in [0.15, 0.2) is 27.4 Å². The smallest absolute Gasteiger partial charge is 0.408 e. The molecule has 1 unspecified atom stereocenters. The standard InChI is InChI=1S/C12H16N2O2S/c1-13(2)10(7-17)8-4-5-11-9(6-8)14(3)12(15)16-11/h4-6,10,17H,7H2,1-3H3. The molecule has 4 nitrogen and oxygen atoms in total. The van der Waals surface area contributed by atoms with Gasteiger partial charge in [-0.2, -0.15) is 12.6 Å². The van der Waals surface area contributed by atoms with Gasteiger partial charge in [0, 0.05) is 18.8 Å². The highest BCUT2D eigenvalue weighted by Crippen LogP contribution is 2.23. The van der Waals surface area contributed by atoms with Gasteiger partial charge in [0.15, 0.2) is 5.58 Å². The number of oxazole rings is 1. The topological polar surface area (TPSA) is 38.4 Å². The first kappa shape index (κ1) is 12.3. The Morgan fingerprint density at radius 3 is 2.76 bits per heavy atom. The van der Waals surface area contributed by atoms with Crippen molar-refractivity contribution in [1.29, 1.82) is 0 Å². The molecule has 0 fully saturated rings. The van der Waals surface area contributed by atoms with Gasteiger partial charge in [-0.15, -0.1) is 0 Å². The van der Waals surface area contributed by atoms with E-state index in [1.807, 2.05) is 32.3 Å². The van der Waals surface area contributed by atoms with Gasteiger partial charge in [0.25, 0.3) is 0 Å². The van der Waals surface area contributed by atoms with E-state index >= 15 is 0 Å². The Balaban J connectivity index is 2.57. The molecule has 1 atom stereocenters. The molecule has 0 saturated heterocycles. The predicted molar refractivity (Wildman–Crippen MR) is 71.7 cm³/mol. The molecular formula is C12H16N2O2S. The second kappa shape index (κ2) is 4.58.